The van der Waals surface area contributed by atoms with Gasteiger partial charge >= 0.3 is 0 Å². The van der Waals surface area contributed by atoms with Crippen molar-refractivity contribution >= 4 is 22.7 Å². The molecule has 1 atom stereocenters. The molecule has 0 aliphatic carbocycles. The number of rotatable bonds is 2. The van der Waals surface area contributed by atoms with Crippen molar-refractivity contribution in [3.63, 3.8) is 0 Å². The van der Waals surface area contributed by atoms with Gasteiger partial charge < -0.3 is 14.5 Å². The number of nitrogens with zero attached hydrogens (tertiary/aromatic N) is 3. The number of fused-ring (bicyclic) bond motifs is 1. The van der Waals surface area contributed by atoms with Gasteiger partial charge in [-0.3, -0.25) is 14.6 Å². The van der Waals surface area contributed by atoms with Crippen LogP contribution in [0.3, 0.4) is 0 Å². The Labute approximate surface area is 165 Å². The van der Waals surface area contributed by atoms with Gasteiger partial charge in [-0.25, -0.2) is 0 Å². The first-order chi connectivity index (χ1) is 13.5. The van der Waals surface area contributed by atoms with Crippen LogP contribution >= 0.6 is 0 Å². The zero-order valence-electron chi connectivity index (χ0n) is 16.6. The number of carbonyl (C=O) groups is 2. The smallest absolute Gasteiger partial charge is 0.254 e. The Bertz CT molecular complexity index is 905. The molecular weight excluding hydrogens is 354 g/mol. The Hall–Kier alpha value is -2.47. The molecule has 1 aromatic heterocycles. The Morgan fingerprint density at radius 3 is 2.64 bits per heavy atom. The summed E-state index contributed by atoms with van der Waals surface area (Å²) in [7, 11) is 0. The van der Waals surface area contributed by atoms with Gasteiger partial charge in [0.05, 0.1) is 30.2 Å². The number of hydrogen-bond donors (Lipinski definition) is 0. The Balaban J connectivity index is 1.57. The van der Waals surface area contributed by atoms with E-state index in [-0.39, 0.29) is 17.7 Å². The lowest BCUT2D eigenvalue weighted by Gasteiger charge is -2.36. The van der Waals surface area contributed by atoms with E-state index >= 15 is 0 Å². The first kappa shape index (κ1) is 18.9. The first-order valence-corrected chi connectivity index (χ1v) is 10.1. The predicted molar refractivity (Wildman–Crippen MR) is 107 cm³/mol. The van der Waals surface area contributed by atoms with Crippen LogP contribution in [0.15, 0.2) is 24.3 Å². The average Bonchev–Trinajstić information content (AvgIpc) is 2.73. The highest BCUT2D eigenvalue weighted by atomic mass is 16.5. The molecule has 0 radical (unpaired) electrons. The van der Waals surface area contributed by atoms with Gasteiger partial charge in [0.2, 0.25) is 5.91 Å². The molecule has 0 bridgehead atoms. The fourth-order valence-electron chi connectivity index (χ4n) is 4.22. The van der Waals surface area contributed by atoms with Gasteiger partial charge in [-0.1, -0.05) is 11.6 Å². The predicted octanol–water partition coefficient (Wildman–Crippen LogP) is 2.56. The maximum atomic E-state index is 13.4. The molecule has 2 aliphatic rings. The second-order valence-electron chi connectivity index (χ2n) is 7.86. The maximum absolute atomic E-state index is 13.4. The molecule has 0 N–H and O–H groups in total. The molecular formula is C22H27N3O3. The molecule has 2 fully saturated rings. The van der Waals surface area contributed by atoms with Crippen molar-refractivity contribution in [1.29, 1.82) is 0 Å². The molecule has 4 rings (SSSR count). The van der Waals surface area contributed by atoms with Gasteiger partial charge in [0.1, 0.15) is 0 Å². The summed E-state index contributed by atoms with van der Waals surface area (Å²) in [6.07, 6.45) is 1.70. The van der Waals surface area contributed by atoms with Crippen LogP contribution in [-0.4, -0.2) is 66.0 Å². The van der Waals surface area contributed by atoms with E-state index in [0.29, 0.717) is 45.0 Å². The van der Waals surface area contributed by atoms with E-state index in [1.165, 1.54) is 0 Å². The van der Waals surface area contributed by atoms with Crippen molar-refractivity contribution in [3.05, 3.63) is 41.1 Å². The van der Waals surface area contributed by atoms with Crippen LogP contribution in [0.4, 0.5) is 0 Å². The van der Waals surface area contributed by atoms with E-state index in [9.17, 15) is 9.59 Å². The summed E-state index contributed by atoms with van der Waals surface area (Å²) >= 11 is 0. The summed E-state index contributed by atoms with van der Waals surface area (Å²) in [6.45, 7) is 7.62. The van der Waals surface area contributed by atoms with Crippen LogP contribution in [0, 0.1) is 19.8 Å². The highest BCUT2D eigenvalue weighted by molar-refractivity contribution is 6.06. The fourth-order valence-corrected chi connectivity index (χ4v) is 4.22. The third-order valence-corrected chi connectivity index (χ3v) is 5.70. The van der Waals surface area contributed by atoms with E-state index < -0.39 is 0 Å². The van der Waals surface area contributed by atoms with Crippen LogP contribution in [0.25, 0.3) is 10.9 Å². The number of ether oxygens (including phenoxy) is 1. The fraction of sp³-hybridized carbons (Fsp3) is 0.500. The summed E-state index contributed by atoms with van der Waals surface area (Å²) in [5.74, 6) is 0.0414. The number of amides is 2. The lowest BCUT2D eigenvalue weighted by Crippen LogP contribution is -2.49. The van der Waals surface area contributed by atoms with Gasteiger partial charge in [0.15, 0.2) is 0 Å². The number of likely N-dealkylation sites (tertiary alicyclic amines) is 1. The number of hydrogen-bond acceptors (Lipinski definition) is 4. The number of morpholine rings is 1. The quantitative estimate of drug-likeness (QED) is 0.802. The second kappa shape index (κ2) is 7.87. The summed E-state index contributed by atoms with van der Waals surface area (Å²) < 4.78 is 5.35. The van der Waals surface area contributed by atoms with Gasteiger partial charge in [0, 0.05) is 37.3 Å². The Morgan fingerprint density at radius 2 is 1.86 bits per heavy atom. The van der Waals surface area contributed by atoms with Gasteiger partial charge in [0.25, 0.3) is 5.91 Å². The molecule has 0 saturated carbocycles. The standard InChI is InChI=1S/C22H27N3O3/c1-15-5-6-20-18(12-15)19(13-16(2)23-20)22(27)25-7-3-4-17(14-25)21(26)24-8-10-28-11-9-24/h5-6,12-13,17H,3-4,7-11,14H2,1-2H3. The van der Waals surface area contributed by atoms with E-state index in [1.807, 2.05) is 47.9 Å². The van der Waals surface area contributed by atoms with Gasteiger partial charge in [-0.05, 0) is 44.9 Å². The molecule has 2 amide bonds. The van der Waals surface area contributed by atoms with Crippen molar-refractivity contribution < 1.29 is 14.3 Å². The van der Waals surface area contributed by atoms with E-state index in [1.54, 1.807) is 0 Å². The van der Waals surface area contributed by atoms with Crippen molar-refractivity contribution in [3.8, 4) is 0 Å². The zero-order valence-corrected chi connectivity index (χ0v) is 16.6. The number of benzene rings is 1. The van der Waals surface area contributed by atoms with Crippen molar-refractivity contribution in [1.82, 2.24) is 14.8 Å². The van der Waals surface area contributed by atoms with Gasteiger partial charge in [-0.2, -0.15) is 0 Å². The number of aryl methyl sites for hydroxylation is 2. The molecule has 28 heavy (non-hydrogen) atoms. The minimum Gasteiger partial charge on any atom is -0.378 e. The SMILES string of the molecule is Cc1ccc2nc(C)cc(C(=O)N3CCCC(C(=O)N4CCOCC4)C3)c2c1. The topological polar surface area (TPSA) is 62.7 Å². The largest absolute Gasteiger partial charge is 0.378 e. The van der Waals surface area contributed by atoms with E-state index in [4.69, 9.17) is 4.74 Å². The third-order valence-electron chi connectivity index (χ3n) is 5.70. The number of carbonyl (C=O) groups excluding carboxylic acids is 2. The lowest BCUT2D eigenvalue weighted by atomic mass is 9.95. The summed E-state index contributed by atoms with van der Waals surface area (Å²) in [6, 6.07) is 7.88. The molecule has 2 aliphatic heterocycles. The monoisotopic (exact) mass is 381 g/mol. The molecule has 0 spiro atoms. The lowest BCUT2D eigenvalue weighted by molar-refractivity contribution is -0.141. The number of pyridine rings is 1. The van der Waals surface area contributed by atoms with E-state index in [0.717, 1.165) is 35.0 Å². The van der Waals surface area contributed by atoms with Crippen LogP contribution in [0.5, 0.6) is 0 Å². The minimum absolute atomic E-state index is 0.000535. The van der Waals surface area contributed by atoms with Crippen molar-refractivity contribution in [2.75, 3.05) is 39.4 Å². The highest BCUT2D eigenvalue weighted by Crippen LogP contribution is 2.25. The Morgan fingerprint density at radius 1 is 1.07 bits per heavy atom. The molecule has 148 valence electrons. The van der Waals surface area contributed by atoms with Gasteiger partial charge in [-0.15, -0.1) is 0 Å². The van der Waals surface area contributed by atoms with E-state index in [2.05, 4.69) is 4.98 Å². The maximum Gasteiger partial charge on any atom is 0.254 e. The molecule has 2 aromatic rings. The number of aromatic nitrogens is 1. The minimum atomic E-state index is -0.119. The van der Waals surface area contributed by atoms with Crippen molar-refractivity contribution in [2.45, 2.75) is 26.7 Å². The summed E-state index contributed by atoms with van der Waals surface area (Å²) in [5, 5.41) is 0.886. The normalized spacial score (nSPS) is 20.4. The van der Waals surface area contributed by atoms with Crippen LogP contribution < -0.4 is 0 Å². The van der Waals surface area contributed by atoms with Crippen LogP contribution in [0.1, 0.15) is 34.5 Å². The molecule has 3 heterocycles. The first-order valence-electron chi connectivity index (χ1n) is 10.1. The second-order valence-corrected chi connectivity index (χ2v) is 7.86. The molecule has 2 saturated heterocycles. The summed E-state index contributed by atoms with van der Waals surface area (Å²) in [5.41, 5.74) is 3.46. The molecule has 1 unspecified atom stereocenters. The summed E-state index contributed by atoms with van der Waals surface area (Å²) in [4.78, 5) is 34.6. The number of piperidine rings is 1. The Kier molecular flexibility index (Phi) is 5.31. The average molecular weight is 381 g/mol. The molecule has 1 aromatic carbocycles. The van der Waals surface area contributed by atoms with Crippen LogP contribution in [0.2, 0.25) is 0 Å². The van der Waals surface area contributed by atoms with Crippen molar-refractivity contribution in [2.24, 2.45) is 5.92 Å². The highest BCUT2D eigenvalue weighted by Gasteiger charge is 2.32. The third kappa shape index (κ3) is 3.74. The molecule has 6 nitrogen and oxygen atoms in total. The zero-order chi connectivity index (χ0) is 19.7. The molecule has 6 heteroatoms. The van der Waals surface area contributed by atoms with Crippen LogP contribution in [-0.2, 0) is 9.53 Å².